The van der Waals surface area contributed by atoms with E-state index in [9.17, 15) is 5.11 Å². The van der Waals surface area contributed by atoms with E-state index in [4.69, 9.17) is 4.74 Å². The first kappa shape index (κ1) is 14.9. The Kier molecular flexibility index (Phi) is 7.09. The van der Waals surface area contributed by atoms with Gasteiger partial charge < -0.3 is 9.84 Å². The molecule has 0 aromatic carbocycles. The second-order valence-electron chi connectivity index (χ2n) is 5.41. The van der Waals surface area contributed by atoms with E-state index >= 15 is 0 Å². The normalized spacial score (nSPS) is 24.2. The molecule has 0 saturated carbocycles. The number of piperidine rings is 1. The molecule has 17 heavy (non-hydrogen) atoms. The number of rotatable bonds is 7. The van der Waals surface area contributed by atoms with Crippen LogP contribution in [0.15, 0.2) is 0 Å². The third kappa shape index (κ3) is 5.84. The minimum absolute atomic E-state index is 0.165. The number of ether oxygens (including phenoxy) is 1. The van der Waals surface area contributed by atoms with Gasteiger partial charge in [0, 0.05) is 19.2 Å². The summed E-state index contributed by atoms with van der Waals surface area (Å²) in [6.45, 7) is 9.04. The molecule has 1 N–H and O–H groups in total. The van der Waals surface area contributed by atoms with Crippen molar-refractivity contribution in [3.63, 3.8) is 0 Å². The zero-order valence-electron chi connectivity index (χ0n) is 11.7. The minimum Gasteiger partial charge on any atom is -0.392 e. The molecule has 0 aromatic rings. The Morgan fingerprint density at radius 2 is 2.12 bits per heavy atom. The van der Waals surface area contributed by atoms with E-state index in [1.807, 2.05) is 6.92 Å². The van der Waals surface area contributed by atoms with Gasteiger partial charge in [0.05, 0.1) is 12.2 Å². The van der Waals surface area contributed by atoms with Crippen LogP contribution in [0.1, 0.15) is 52.9 Å². The van der Waals surface area contributed by atoms with Crippen LogP contribution >= 0.6 is 0 Å². The molecular formula is C14H29NO2. The number of likely N-dealkylation sites (tertiary alicyclic amines) is 1. The fourth-order valence-electron chi connectivity index (χ4n) is 2.47. The molecule has 1 heterocycles. The van der Waals surface area contributed by atoms with Crippen LogP contribution in [0.5, 0.6) is 0 Å². The van der Waals surface area contributed by atoms with Gasteiger partial charge >= 0.3 is 0 Å². The highest BCUT2D eigenvalue weighted by Gasteiger charge is 2.23. The molecule has 1 fully saturated rings. The summed E-state index contributed by atoms with van der Waals surface area (Å²) in [6.07, 6.45) is 5.98. The maximum atomic E-state index is 9.77. The second-order valence-corrected chi connectivity index (χ2v) is 5.41. The predicted octanol–water partition coefficient (Wildman–Crippen LogP) is 2.43. The molecule has 3 heteroatoms. The Morgan fingerprint density at radius 1 is 1.35 bits per heavy atom. The zero-order valence-corrected chi connectivity index (χ0v) is 11.7. The first-order chi connectivity index (χ1) is 8.13. The van der Waals surface area contributed by atoms with Crippen molar-refractivity contribution in [2.75, 3.05) is 19.7 Å². The Morgan fingerprint density at radius 3 is 2.76 bits per heavy atom. The molecule has 3 nitrogen and oxygen atoms in total. The van der Waals surface area contributed by atoms with Crippen molar-refractivity contribution >= 4 is 0 Å². The van der Waals surface area contributed by atoms with Crippen molar-refractivity contribution in [1.82, 2.24) is 4.90 Å². The smallest absolute Gasteiger partial charge is 0.0664 e. The zero-order chi connectivity index (χ0) is 12.7. The van der Waals surface area contributed by atoms with Gasteiger partial charge in [-0.15, -0.1) is 0 Å². The molecule has 2 atom stereocenters. The van der Waals surface area contributed by atoms with Gasteiger partial charge in [-0.05, 0) is 46.1 Å². The van der Waals surface area contributed by atoms with E-state index in [0.717, 1.165) is 32.5 Å². The average molecular weight is 243 g/mol. The maximum absolute atomic E-state index is 9.77. The van der Waals surface area contributed by atoms with Gasteiger partial charge in [0.2, 0.25) is 0 Å². The second kappa shape index (κ2) is 8.06. The first-order valence-corrected chi connectivity index (χ1v) is 7.17. The lowest BCUT2D eigenvalue weighted by molar-refractivity contribution is 0.0286. The topological polar surface area (TPSA) is 32.7 Å². The highest BCUT2D eigenvalue weighted by atomic mass is 16.5. The van der Waals surface area contributed by atoms with Crippen molar-refractivity contribution < 1.29 is 9.84 Å². The summed E-state index contributed by atoms with van der Waals surface area (Å²) in [5.41, 5.74) is 0. The molecule has 1 saturated heterocycles. The highest BCUT2D eigenvalue weighted by molar-refractivity contribution is 4.78. The molecular weight excluding hydrogens is 214 g/mol. The number of aliphatic hydroxyl groups is 1. The quantitative estimate of drug-likeness (QED) is 0.745. The summed E-state index contributed by atoms with van der Waals surface area (Å²) < 4.78 is 5.64. The summed E-state index contributed by atoms with van der Waals surface area (Å²) >= 11 is 0. The fraction of sp³-hybridized carbons (Fsp3) is 1.00. The lowest BCUT2D eigenvalue weighted by Crippen LogP contribution is -2.44. The van der Waals surface area contributed by atoms with E-state index in [0.29, 0.717) is 12.1 Å². The summed E-state index contributed by atoms with van der Waals surface area (Å²) in [7, 11) is 0. The minimum atomic E-state index is -0.165. The molecule has 0 spiro atoms. The number of hydrogen-bond acceptors (Lipinski definition) is 3. The van der Waals surface area contributed by atoms with Gasteiger partial charge in [0.25, 0.3) is 0 Å². The van der Waals surface area contributed by atoms with E-state index < -0.39 is 0 Å². The van der Waals surface area contributed by atoms with Gasteiger partial charge in [-0.2, -0.15) is 0 Å². The Bertz CT molecular complexity index is 197. The third-order valence-electron chi connectivity index (χ3n) is 3.57. The molecule has 1 aliphatic heterocycles. The Labute approximate surface area is 106 Å². The van der Waals surface area contributed by atoms with Crippen molar-refractivity contribution in [2.24, 2.45) is 0 Å². The van der Waals surface area contributed by atoms with Crippen molar-refractivity contribution in [3.8, 4) is 0 Å². The Balaban J connectivity index is 2.31. The molecule has 0 unspecified atom stereocenters. The van der Waals surface area contributed by atoms with Crippen LogP contribution in [0.2, 0.25) is 0 Å². The van der Waals surface area contributed by atoms with Crippen LogP contribution in [0.3, 0.4) is 0 Å². The highest BCUT2D eigenvalue weighted by Crippen LogP contribution is 2.20. The molecule has 0 bridgehead atoms. The first-order valence-electron chi connectivity index (χ1n) is 7.17. The molecule has 0 amide bonds. The van der Waals surface area contributed by atoms with E-state index in [2.05, 4.69) is 18.7 Å². The van der Waals surface area contributed by atoms with E-state index in [1.165, 1.54) is 19.3 Å². The standard InChI is InChI=1S/C14H29NO2/c1-4-14(16)11-15-9-6-5-7-13(15)8-10-17-12(2)3/h12-14,16H,4-11H2,1-3H3/t13-,14-/m1/s1. The third-order valence-corrected chi connectivity index (χ3v) is 3.57. The molecule has 0 aromatic heterocycles. The summed E-state index contributed by atoms with van der Waals surface area (Å²) in [5, 5.41) is 9.77. The Hall–Kier alpha value is -0.120. The number of aliphatic hydroxyl groups excluding tert-OH is 1. The van der Waals surface area contributed by atoms with Gasteiger partial charge in [-0.1, -0.05) is 13.3 Å². The average Bonchev–Trinajstić information content (AvgIpc) is 2.30. The fourth-order valence-corrected chi connectivity index (χ4v) is 2.47. The van der Waals surface area contributed by atoms with Gasteiger partial charge in [0.15, 0.2) is 0 Å². The summed E-state index contributed by atoms with van der Waals surface area (Å²) in [6, 6.07) is 0.615. The molecule has 1 aliphatic rings. The van der Waals surface area contributed by atoms with Crippen LogP contribution in [0.4, 0.5) is 0 Å². The van der Waals surface area contributed by atoms with Crippen LogP contribution < -0.4 is 0 Å². The maximum Gasteiger partial charge on any atom is 0.0664 e. The van der Waals surface area contributed by atoms with Crippen molar-refractivity contribution in [2.45, 2.75) is 71.1 Å². The largest absolute Gasteiger partial charge is 0.392 e. The van der Waals surface area contributed by atoms with Crippen LogP contribution in [-0.2, 0) is 4.74 Å². The molecule has 0 aliphatic carbocycles. The van der Waals surface area contributed by atoms with Crippen LogP contribution in [0, 0.1) is 0 Å². The SMILES string of the molecule is CC[C@@H](O)CN1CCCC[C@@H]1CCOC(C)C. The summed E-state index contributed by atoms with van der Waals surface area (Å²) in [4.78, 5) is 2.46. The lowest BCUT2D eigenvalue weighted by Gasteiger charge is -2.37. The number of nitrogens with zero attached hydrogens (tertiary/aromatic N) is 1. The van der Waals surface area contributed by atoms with Gasteiger partial charge in [-0.3, -0.25) is 4.90 Å². The monoisotopic (exact) mass is 243 g/mol. The predicted molar refractivity (Wildman–Crippen MR) is 71.2 cm³/mol. The molecule has 0 radical (unpaired) electrons. The van der Waals surface area contributed by atoms with Gasteiger partial charge in [-0.25, -0.2) is 0 Å². The number of hydrogen-bond donors (Lipinski definition) is 1. The molecule has 1 rings (SSSR count). The van der Waals surface area contributed by atoms with Gasteiger partial charge in [0.1, 0.15) is 0 Å². The van der Waals surface area contributed by atoms with E-state index in [-0.39, 0.29) is 6.10 Å². The van der Waals surface area contributed by atoms with Crippen LogP contribution in [-0.4, -0.2) is 48.0 Å². The van der Waals surface area contributed by atoms with Crippen molar-refractivity contribution in [3.05, 3.63) is 0 Å². The number of β-amino-alcohol motifs (C(OH)–C–C–N with tert-alkyl or cyclic N) is 1. The van der Waals surface area contributed by atoms with Crippen LogP contribution in [0.25, 0.3) is 0 Å². The summed E-state index contributed by atoms with van der Waals surface area (Å²) in [5.74, 6) is 0. The van der Waals surface area contributed by atoms with E-state index in [1.54, 1.807) is 0 Å². The lowest BCUT2D eigenvalue weighted by atomic mass is 9.99. The molecule has 102 valence electrons. The van der Waals surface area contributed by atoms with Crippen molar-refractivity contribution in [1.29, 1.82) is 0 Å².